The van der Waals surface area contributed by atoms with Crippen LogP contribution in [-0.4, -0.2) is 33.0 Å². The lowest BCUT2D eigenvalue weighted by Gasteiger charge is -2.24. The first-order chi connectivity index (χ1) is 9.47. The molecule has 0 amide bonds. The lowest BCUT2D eigenvalue weighted by molar-refractivity contribution is -0.214. The van der Waals surface area contributed by atoms with Crippen molar-refractivity contribution in [3.8, 4) is 12.3 Å². The highest BCUT2D eigenvalue weighted by Crippen LogP contribution is 2.37. The number of nitrogens with zero attached hydrogens (tertiary/aromatic N) is 1. The molecule has 1 unspecified atom stereocenters. The van der Waals surface area contributed by atoms with Crippen molar-refractivity contribution in [1.82, 2.24) is 9.55 Å². The van der Waals surface area contributed by atoms with Gasteiger partial charge in [0.15, 0.2) is 5.60 Å². The Morgan fingerprint density at radius 2 is 2.45 bits per heavy atom. The number of halogens is 1. The molecule has 1 aliphatic heterocycles. The van der Waals surface area contributed by atoms with Gasteiger partial charge in [0.2, 0.25) is 0 Å². The number of aliphatic hydroxyl groups is 1. The van der Waals surface area contributed by atoms with Gasteiger partial charge in [-0.3, -0.25) is 14.3 Å². The maximum atomic E-state index is 12.6. The van der Waals surface area contributed by atoms with Crippen LogP contribution in [0.1, 0.15) is 18.2 Å². The minimum atomic E-state index is -1.66. The summed E-state index contributed by atoms with van der Waals surface area (Å²) in [5.41, 5.74) is -2.61. The number of hydrogen-bond donors (Lipinski definition) is 2. The van der Waals surface area contributed by atoms with Crippen molar-refractivity contribution in [2.45, 2.75) is 31.3 Å². The van der Waals surface area contributed by atoms with Crippen LogP contribution in [0.15, 0.2) is 15.8 Å². The van der Waals surface area contributed by atoms with Gasteiger partial charge < -0.3 is 9.84 Å². The van der Waals surface area contributed by atoms with Crippen LogP contribution in [0.25, 0.3) is 0 Å². The molecule has 0 aromatic carbocycles. The van der Waals surface area contributed by atoms with Gasteiger partial charge in [-0.2, -0.15) is 4.94 Å². The van der Waals surface area contributed by atoms with Gasteiger partial charge in [0.25, 0.3) is 5.56 Å². The van der Waals surface area contributed by atoms with Crippen molar-refractivity contribution in [3.63, 3.8) is 0 Å². The third kappa shape index (κ3) is 2.16. The number of H-pyrrole nitrogens is 1. The Bertz CT molecular complexity index is 661. The molecule has 1 aromatic heterocycles. The fourth-order valence-corrected chi connectivity index (χ4v) is 2.13. The number of aromatic amines is 1. The maximum Gasteiger partial charge on any atom is 0.330 e. The highest BCUT2D eigenvalue weighted by Gasteiger charge is 2.50. The van der Waals surface area contributed by atoms with E-state index >= 15 is 0 Å². The molecule has 7 nitrogen and oxygen atoms in total. The summed E-state index contributed by atoms with van der Waals surface area (Å²) >= 11 is 0. The average molecular weight is 284 g/mol. The standard InChI is InChI=1S/C12H13FN2O5/c1-3-12(6-16)8(20-13)4-9(19-12)15-5-7(2)10(17)14-11(15)18/h1,5,8-9,16H,4,6H2,2H3,(H,14,17,18)/t8?,9-,12-/m1/s1. The van der Waals surface area contributed by atoms with E-state index in [1.165, 1.54) is 13.1 Å². The van der Waals surface area contributed by atoms with Crippen LogP contribution in [-0.2, 0) is 9.68 Å². The first-order valence-corrected chi connectivity index (χ1v) is 5.83. The van der Waals surface area contributed by atoms with Crippen LogP contribution in [0.5, 0.6) is 0 Å². The molecule has 1 saturated heterocycles. The molecule has 2 N–H and O–H groups in total. The van der Waals surface area contributed by atoms with Crippen molar-refractivity contribution in [2.24, 2.45) is 0 Å². The lowest BCUT2D eigenvalue weighted by atomic mass is 9.99. The first-order valence-electron chi connectivity index (χ1n) is 5.83. The Balaban J connectivity index is 2.43. The van der Waals surface area contributed by atoms with E-state index < -0.39 is 35.8 Å². The number of rotatable bonds is 3. The molecule has 20 heavy (non-hydrogen) atoms. The zero-order chi connectivity index (χ0) is 14.9. The molecule has 1 fully saturated rings. The Hall–Kier alpha value is -1.95. The van der Waals surface area contributed by atoms with Crippen LogP contribution in [0.4, 0.5) is 4.53 Å². The summed E-state index contributed by atoms with van der Waals surface area (Å²) < 4.78 is 19.1. The summed E-state index contributed by atoms with van der Waals surface area (Å²) in [4.78, 5) is 28.9. The molecular formula is C12H13FN2O5. The molecule has 3 atom stereocenters. The Labute approximate surface area is 112 Å². The topological polar surface area (TPSA) is 93.5 Å². The molecule has 1 aliphatic rings. The monoisotopic (exact) mass is 284 g/mol. The largest absolute Gasteiger partial charge is 0.392 e. The Morgan fingerprint density at radius 3 is 2.95 bits per heavy atom. The molecule has 2 rings (SSSR count). The van der Waals surface area contributed by atoms with E-state index in [1.54, 1.807) is 0 Å². The van der Waals surface area contributed by atoms with E-state index in [1.807, 2.05) is 0 Å². The summed E-state index contributed by atoms with van der Waals surface area (Å²) in [6.07, 6.45) is 4.31. The highest BCUT2D eigenvalue weighted by atomic mass is 19.3. The number of terminal acetylenes is 1. The second kappa shape index (κ2) is 5.20. The minimum Gasteiger partial charge on any atom is -0.392 e. The van der Waals surface area contributed by atoms with E-state index in [4.69, 9.17) is 11.2 Å². The number of aryl methyl sites for hydroxylation is 1. The second-order valence-electron chi connectivity index (χ2n) is 4.56. The molecule has 1 aromatic rings. The van der Waals surface area contributed by atoms with E-state index in [2.05, 4.69) is 15.8 Å². The third-order valence-electron chi connectivity index (χ3n) is 3.33. The molecule has 108 valence electrons. The average Bonchev–Trinajstić information content (AvgIpc) is 2.82. The number of aromatic nitrogens is 2. The molecule has 0 saturated carbocycles. The van der Waals surface area contributed by atoms with Gasteiger partial charge in [0, 0.05) is 18.2 Å². The van der Waals surface area contributed by atoms with Crippen molar-refractivity contribution in [3.05, 3.63) is 32.6 Å². The van der Waals surface area contributed by atoms with Gasteiger partial charge in [-0.05, 0) is 11.4 Å². The Morgan fingerprint density at radius 1 is 1.75 bits per heavy atom. The van der Waals surface area contributed by atoms with Crippen molar-refractivity contribution >= 4 is 0 Å². The number of aliphatic hydroxyl groups excluding tert-OH is 1. The molecule has 0 spiro atoms. The van der Waals surface area contributed by atoms with Gasteiger partial charge in [-0.15, -0.1) is 6.42 Å². The van der Waals surface area contributed by atoms with Gasteiger partial charge in [0.05, 0.1) is 6.61 Å². The van der Waals surface area contributed by atoms with E-state index in [-0.39, 0.29) is 12.0 Å². The fraction of sp³-hybridized carbons (Fsp3) is 0.500. The Kier molecular flexibility index (Phi) is 3.76. The third-order valence-corrected chi connectivity index (χ3v) is 3.33. The van der Waals surface area contributed by atoms with Crippen LogP contribution in [0.3, 0.4) is 0 Å². The molecule has 2 heterocycles. The van der Waals surface area contributed by atoms with Crippen molar-refractivity contribution in [1.29, 1.82) is 0 Å². The van der Waals surface area contributed by atoms with Gasteiger partial charge in [-0.25, -0.2) is 4.79 Å². The van der Waals surface area contributed by atoms with E-state index in [0.29, 0.717) is 0 Å². The lowest BCUT2D eigenvalue weighted by Crippen LogP contribution is -2.42. The van der Waals surface area contributed by atoms with Crippen LogP contribution in [0, 0.1) is 19.3 Å². The molecule has 8 heteroatoms. The second-order valence-corrected chi connectivity index (χ2v) is 4.56. The number of ether oxygens (including phenoxy) is 1. The smallest absolute Gasteiger partial charge is 0.330 e. The zero-order valence-corrected chi connectivity index (χ0v) is 10.6. The molecule has 0 radical (unpaired) electrons. The first kappa shape index (κ1) is 14.5. The summed E-state index contributed by atoms with van der Waals surface area (Å²) in [6.45, 7) is 0.846. The minimum absolute atomic E-state index is 0.0767. The van der Waals surface area contributed by atoms with Crippen molar-refractivity contribution in [2.75, 3.05) is 6.61 Å². The van der Waals surface area contributed by atoms with Crippen LogP contribution < -0.4 is 11.2 Å². The quantitative estimate of drug-likeness (QED) is 0.723. The predicted molar refractivity (Wildman–Crippen MR) is 65.4 cm³/mol. The van der Waals surface area contributed by atoms with Gasteiger partial charge >= 0.3 is 5.69 Å². The molecular weight excluding hydrogens is 271 g/mol. The SMILES string of the molecule is C#C[C@]1(CO)O[C@@H](n2cc(C)c(=O)[nH]c2=O)CC1OF. The van der Waals surface area contributed by atoms with E-state index in [0.717, 1.165) is 4.57 Å². The van der Waals surface area contributed by atoms with E-state index in [9.17, 15) is 19.2 Å². The normalized spacial score (nSPS) is 29.3. The van der Waals surface area contributed by atoms with Crippen molar-refractivity contribution < 1.29 is 19.3 Å². The summed E-state index contributed by atoms with van der Waals surface area (Å²) in [5.74, 6) is 2.15. The molecule has 0 bridgehead atoms. The van der Waals surface area contributed by atoms with Gasteiger partial charge in [-0.1, -0.05) is 5.92 Å². The van der Waals surface area contributed by atoms with Gasteiger partial charge in [0.1, 0.15) is 12.3 Å². The zero-order valence-electron chi connectivity index (χ0n) is 10.6. The number of nitrogens with one attached hydrogen (secondary N) is 1. The number of hydrogen-bond acceptors (Lipinski definition) is 5. The summed E-state index contributed by atoms with van der Waals surface area (Å²) in [6, 6.07) is 0. The maximum absolute atomic E-state index is 12.6. The summed E-state index contributed by atoms with van der Waals surface area (Å²) in [5, 5.41) is 9.29. The fourth-order valence-electron chi connectivity index (χ4n) is 2.13. The van der Waals surface area contributed by atoms with Crippen LogP contribution in [0.2, 0.25) is 0 Å². The predicted octanol–water partition coefficient (Wildman–Crippen LogP) is -0.602. The summed E-state index contributed by atoms with van der Waals surface area (Å²) in [7, 11) is 0. The van der Waals surface area contributed by atoms with Crippen LogP contribution >= 0.6 is 0 Å². The molecule has 0 aliphatic carbocycles. The highest BCUT2D eigenvalue weighted by molar-refractivity contribution is 5.16.